The van der Waals surface area contributed by atoms with Gasteiger partial charge in [0.05, 0.1) is 17.7 Å². The first-order valence-corrected chi connectivity index (χ1v) is 10.6. The number of aromatic nitrogens is 1. The molecule has 6 nitrogen and oxygen atoms in total. The second-order valence-corrected chi connectivity index (χ2v) is 8.00. The Kier molecular flexibility index (Phi) is 6.22. The molecule has 1 aliphatic heterocycles. The minimum atomic E-state index is -1.10. The number of aliphatic hydroxyl groups is 1. The van der Waals surface area contributed by atoms with Crippen molar-refractivity contribution >= 4 is 17.4 Å². The van der Waals surface area contributed by atoms with Gasteiger partial charge in [-0.25, -0.2) is 4.39 Å². The van der Waals surface area contributed by atoms with E-state index in [1.165, 1.54) is 23.1 Å². The molecule has 1 N–H and O–H groups in total. The van der Waals surface area contributed by atoms with Gasteiger partial charge in [0.25, 0.3) is 11.7 Å². The number of likely N-dealkylation sites (tertiary alicyclic amines) is 1. The zero-order chi connectivity index (χ0) is 23.5. The van der Waals surface area contributed by atoms with Crippen molar-refractivity contribution in [2.75, 3.05) is 0 Å². The fourth-order valence-corrected chi connectivity index (χ4v) is 3.90. The number of ketones is 1. The fourth-order valence-electron chi connectivity index (χ4n) is 3.90. The van der Waals surface area contributed by atoms with Gasteiger partial charge in [-0.2, -0.15) is 0 Å². The monoisotopic (exact) mass is 446 g/mol. The number of pyridine rings is 1. The van der Waals surface area contributed by atoms with E-state index in [0.717, 1.165) is 0 Å². The number of aliphatic hydroxyl groups excluding tert-OH is 1. The summed E-state index contributed by atoms with van der Waals surface area (Å²) in [7, 11) is 0. The molecule has 1 amide bonds. The molecule has 1 saturated heterocycles. The summed E-state index contributed by atoms with van der Waals surface area (Å²) in [6.07, 6.45) is 3.08. The Balaban J connectivity index is 1.86. The lowest BCUT2D eigenvalue weighted by Crippen LogP contribution is -2.29. The lowest BCUT2D eigenvalue weighted by molar-refractivity contribution is -0.140. The highest BCUT2D eigenvalue weighted by molar-refractivity contribution is 6.46. The van der Waals surface area contributed by atoms with Gasteiger partial charge in [0.2, 0.25) is 0 Å². The molecule has 3 aromatic rings. The molecule has 0 radical (unpaired) electrons. The van der Waals surface area contributed by atoms with Crippen LogP contribution in [0.15, 0.2) is 78.6 Å². The van der Waals surface area contributed by atoms with E-state index < -0.39 is 23.5 Å². The van der Waals surface area contributed by atoms with Gasteiger partial charge in [0, 0.05) is 30.1 Å². The van der Waals surface area contributed by atoms with Crippen LogP contribution in [0.3, 0.4) is 0 Å². The Morgan fingerprint density at radius 1 is 1.12 bits per heavy atom. The van der Waals surface area contributed by atoms with Gasteiger partial charge in [0.15, 0.2) is 0 Å². The smallest absolute Gasteiger partial charge is 0.295 e. The van der Waals surface area contributed by atoms with E-state index in [2.05, 4.69) is 4.98 Å². The molecule has 168 valence electrons. The van der Waals surface area contributed by atoms with Crippen LogP contribution < -0.4 is 4.74 Å². The van der Waals surface area contributed by atoms with Crippen LogP contribution in [0.5, 0.6) is 5.75 Å². The predicted octanol–water partition coefficient (Wildman–Crippen LogP) is 4.63. The van der Waals surface area contributed by atoms with Gasteiger partial charge >= 0.3 is 0 Å². The Bertz CT molecular complexity index is 1220. The van der Waals surface area contributed by atoms with E-state index in [1.54, 1.807) is 54.9 Å². The highest BCUT2D eigenvalue weighted by Gasteiger charge is 2.47. The summed E-state index contributed by atoms with van der Waals surface area (Å²) in [4.78, 5) is 31.4. The Labute approximate surface area is 191 Å². The Morgan fingerprint density at radius 2 is 1.91 bits per heavy atom. The van der Waals surface area contributed by atoms with Crippen LogP contribution >= 0.6 is 0 Å². The maximum atomic E-state index is 14.9. The average Bonchev–Trinajstić information content (AvgIpc) is 3.04. The minimum Gasteiger partial charge on any atom is -0.507 e. The second kappa shape index (κ2) is 9.24. The molecule has 1 aromatic heterocycles. The predicted molar refractivity (Wildman–Crippen MR) is 121 cm³/mol. The summed E-state index contributed by atoms with van der Waals surface area (Å²) in [6, 6.07) is 14.9. The maximum Gasteiger partial charge on any atom is 0.295 e. The van der Waals surface area contributed by atoms with Gasteiger partial charge in [-0.1, -0.05) is 36.4 Å². The summed E-state index contributed by atoms with van der Waals surface area (Å²) in [5.41, 5.74) is 0.925. The van der Waals surface area contributed by atoms with E-state index >= 15 is 0 Å². The molecule has 0 saturated carbocycles. The van der Waals surface area contributed by atoms with Crippen LogP contribution in [0.25, 0.3) is 5.76 Å². The standard InChI is InChI=1S/C26H23FN2O4/c1-16(2)33-19-9-5-8-18(13-19)24(30)22-23(20-10-3-4-11-21(20)27)29(26(32)25(22)31)15-17-7-6-12-28-14-17/h3-14,16,23,30H,15H2,1-2H3/b24-22-. The van der Waals surface area contributed by atoms with Gasteiger partial charge in [-0.15, -0.1) is 0 Å². The second-order valence-electron chi connectivity index (χ2n) is 8.00. The first-order chi connectivity index (χ1) is 15.9. The third kappa shape index (κ3) is 4.48. The van der Waals surface area contributed by atoms with Crippen molar-refractivity contribution in [3.8, 4) is 5.75 Å². The number of nitrogens with zero attached hydrogens (tertiary/aromatic N) is 2. The van der Waals surface area contributed by atoms with Gasteiger partial charge in [-0.05, 0) is 43.7 Å². The normalized spacial score (nSPS) is 17.6. The van der Waals surface area contributed by atoms with Crippen LogP contribution in [-0.4, -0.2) is 32.8 Å². The number of benzene rings is 2. The Morgan fingerprint density at radius 3 is 2.61 bits per heavy atom. The molecule has 1 unspecified atom stereocenters. The van der Waals surface area contributed by atoms with Crippen molar-refractivity contribution < 1.29 is 23.8 Å². The molecule has 1 atom stereocenters. The van der Waals surface area contributed by atoms with Crippen molar-refractivity contribution in [3.63, 3.8) is 0 Å². The zero-order valence-corrected chi connectivity index (χ0v) is 18.2. The summed E-state index contributed by atoms with van der Waals surface area (Å²) in [5.74, 6) is -2.16. The quantitative estimate of drug-likeness (QED) is 0.339. The van der Waals surface area contributed by atoms with Crippen molar-refractivity contribution in [3.05, 3.63) is 101 Å². The molecule has 4 rings (SSSR count). The van der Waals surface area contributed by atoms with Crippen LogP contribution in [0.2, 0.25) is 0 Å². The first kappa shape index (κ1) is 22.2. The molecule has 2 heterocycles. The van der Waals surface area contributed by atoms with Gasteiger partial charge < -0.3 is 14.7 Å². The lowest BCUT2D eigenvalue weighted by atomic mass is 9.94. The molecule has 0 aliphatic carbocycles. The molecule has 0 bridgehead atoms. The number of ether oxygens (including phenoxy) is 1. The largest absolute Gasteiger partial charge is 0.507 e. The van der Waals surface area contributed by atoms with Crippen LogP contribution in [0, 0.1) is 5.82 Å². The summed E-state index contributed by atoms with van der Waals surface area (Å²) in [5, 5.41) is 11.2. The topological polar surface area (TPSA) is 79.7 Å². The number of rotatable bonds is 6. The Hall–Kier alpha value is -4.00. The summed E-state index contributed by atoms with van der Waals surface area (Å²) < 4.78 is 20.6. The number of carbonyl (C=O) groups excluding carboxylic acids is 2. The van der Waals surface area contributed by atoms with Crippen LogP contribution in [0.4, 0.5) is 4.39 Å². The molecular formula is C26H23FN2O4. The highest BCUT2D eigenvalue weighted by Crippen LogP contribution is 2.41. The molecule has 2 aromatic carbocycles. The highest BCUT2D eigenvalue weighted by atomic mass is 19.1. The molecule has 1 fully saturated rings. The minimum absolute atomic E-state index is 0.0324. The van der Waals surface area contributed by atoms with Crippen LogP contribution in [-0.2, 0) is 16.1 Å². The van der Waals surface area contributed by atoms with E-state index in [-0.39, 0.29) is 29.5 Å². The van der Waals surface area contributed by atoms with Crippen molar-refractivity contribution in [1.82, 2.24) is 9.88 Å². The average molecular weight is 446 g/mol. The van der Waals surface area contributed by atoms with Crippen molar-refractivity contribution in [1.29, 1.82) is 0 Å². The lowest BCUT2D eigenvalue weighted by Gasteiger charge is -2.25. The van der Waals surface area contributed by atoms with Crippen LogP contribution in [0.1, 0.15) is 36.6 Å². The number of Topliss-reactive ketones (excluding diaryl/α,β-unsaturated/α-hetero) is 1. The van der Waals surface area contributed by atoms with E-state index in [0.29, 0.717) is 16.9 Å². The number of halogens is 1. The third-order valence-electron chi connectivity index (χ3n) is 5.29. The zero-order valence-electron chi connectivity index (χ0n) is 18.2. The number of amides is 1. The molecular weight excluding hydrogens is 423 g/mol. The molecule has 7 heteroatoms. The van der Waals surface area contributed by atoms with E-state index in [9.17, 15) is 19.1 Å². The van der Waals surface area contributed by atoms with E-state index in [4.69, 9.17) is 4.74 Å². The maximum absolute atomic E-state index is 14.9. The van der Waals surface area contributed by atoms with Gasteiger partial charge in [0.1, 0.15) is 17.3 Å². The van der Waals surface area contributed by atoms with Crippen molar-refractivity contribution in [2.45, 2.75) is 32.5 Å². The number of hydrogen-bond donors (Lipinski definition) is 1. The molecule has 1 aliphatic rings. The SMILES string of the molecule is CC(C)Oc1cccc(/C(O)=C2/C(=O)C(=O)N(Cc3cccnc3)C2c2ccccc2F)c1. The van der Waals surface area contributed by atoms with Crippen molar-refractivity contribution in [2.24, 2.45) is 0 Å². The number of hydrogen-bond acceptors (Lipinski definition) is 5. The van der Waals surface area contributed by atoms with Gasteiger partial charge in [-0.3, -0.25) is 14.6 Å². The molecule has 0 spiro atoms. The summed E-state index contributed by atoms with van der Waals surface area (Å²) in [6.45, 7) is 3.77. The molecule has 33 heavy (non-hydrogen) atoms. The first-order valence-electron chi connectivity index (χ1n) is 10.6. The summed E-state index contributed by atoms with van der Waals surface area (Å²) >= 11 is 0. The number of carbonyl (C=O) groups is 2. The third-order valence-corrected chi connectivity index (χ3v) is 5.29. The van der Waals surface area contributed by atoms with E-state index in [1.807, 2.05) is 13.8 Å². The fraction of sp³-hybridized carbons (Fsp3) is 0.192.